The van der Waals surface area contributed by atoms with Gasteiger partial charge in [0.05, 0.1) is 7.11 Å². The zero-order chi connectivity index (χ0) is 20.4. The van der Waals surface area contributed by atoms with Gasteiger partial charge in [-0.15, -0.1) is 0 Å². The minimum atomic E-state index is -0.686. The van der Waals surface area contributed by atoms with Gasteiger partial charge in [-0.1, -0.05) is 30.3 Å². The Kier molecular flexibility index (Phi) is 5.58. The number of carbonyl (C=O) groups is 1. The lowest BCUT2D eigenvalue weighted by atomic mass is 10.1. The van der Waals surface area contributed by atoms with E-state index in [0.29, 0.717) is 47.5 Å². The van der Waals surface area contributed by atoms with Crippen LogP contribution in [0.3, 0.4) is 0 Å². The number of ether oxygens (including phenoxy) is 1. The van der Waals surface area contributed by atoms with Crippen LogP contribution in [0.1, 0.15) is 27.6 Å². The normalized spacial score (nSPS) is 17.2. The van der Waals surface area contributed by atoms with Crippen molar-refractivity contribution in [1.29, 1.82) is 0 Å². The maximum absolute atomic E-state index is 14.1. The van der Waals surface area contributed by atoms with Crippen LogP contribution in [0.25, 0.3) is 11.0 Å². The molecule has 2 heterocycles. The summed E-state index contributed by atoms with van der Waals surface area (Å²) >= 11 is 1.63. The molecule has 0 saturated carbocycles. The largest absolute Gasteiger partial charge is 0.493 e. The van der Waals surface area contributed by atoms with E-state index in [1.807, 2.05) is 6.07 Å². The van der Waals surface area contributed by atoms with Gasteiger partial charge in [-0.25, -0.2) is 9.18 Å². The first kappa shape index (κ1) is 19.5. The zero-order valence-corrected chi connectivity index (χ0v) is 16.7. The van der Waals surface area contributed by atoms with Crippen LogP contribution < -0.4 is 10.4 Å². The van der Waals surface area contributed by atoms with Crippen LogP contribution >= 0.6 is 11.8 Å². The van der Waals surface area contributed by atoms with Crippen LogP contribution in [0.2, 0.25) is 0 Å². The third-order valence-corrected chi connectivity index (χ3v) is 6.37. The smallest absolute Gasteiger partial charge is 0.349 e. The number of benzene rings is 2. The predicted molar refractivity (Wildman–Crippen MR) is 111 cm³/mol. The Morgan fingerprint density at radius 2 is 2.03 bits per heavy atom. The molecule has 0 spiro atoms. The molecular formula is C22H20FNO4S. The molecule has 1 aromatic heterocycles. The summed E-state index contributed by atoms with van der Waals surface area (Å²) in [4.78, 5) is 27.2. The average molecular weight is 413 g/mol. The molecule has 150 valence electrons. The first-order valence-corrected chi connectivity index (χ1v) is 10.4. The number of thioether (sulfide) groups is 1. The van der Waals surface area contributed by atoms with E-state index < -0.39 is 5.63 Å². The molecule has 1 aliphatic heterocycles. The van der Waals surface area contributed by atoms with Crippen LogP contribution in [0, 0.1) is 5.82 Å². The van der Waals surface area contributed by atoms with E-state index >= 15 is 0 Å². The van der Waals surface area contributed by atoms with E-state index in [-0.39, 0.29) is 22.5 Å². The van der Waals surface area contributed by atoms with Gasteiger partial charge in [0.15, 0.2) is 11.3 Å². The van der Waals surface area contributed by atoms with E-state index in [1.165, 1.54) is 13.2 Å². The number of nitrogens with zero attached hydrogens (tertiary/aromatic N) is 1. The van der Waals surface area contributed by atoms with Crippen molar-refractivity contribution < 1.29 is 18.3 Å². The fourth-order valence-corrected chi connectivity index (χ4v) is 4.81. The van der Waals surface area contributed by atoms with Crippen molar-refractivity contribution in [3.8, 4) is 5.75 Å². The summed E-state index contributed by atoms with van der Waals surface area (Å²) in [5.74, 6) is 0.516. The van der Waals surface area contributed by atoms with Gasteiger partial charge in [0.25, 0.3) is 5.91 Å². The van der Waals surface area contributed by atoms with E-state index in [9.17, 15) is 14.0 Å². The van der Waals surface area contributed by atoms with Crippen molar-refractivity contribution in [2.24, 2.45) is 0 Å². The summed E-state index contributed by atoms with van der Waals surface area (Å²) < 4.78 is 24.7. The number of amides is 1. The molecule has 0 aliphatic carbocycles. The van der Waals surface area contributed by atoms with Crippen molar-refractivity contribution in [2.75, 3.05) is 26.0 Å². The molecule has 1 unspecified atom stereocenters. The standard InChI is InChI=1S/C22H20FNO4S/c1-27-18-8-4-5-14-13-16(22(26)28-20(14)18)21(25)24-10-9-19(29-12-11-24)15-6-2-3-7-17(15)23/h2-8,13,19H,9-12H2,1H3. The number of methoxy groups -OCH3 is 1. The van der Waals surface area contributed by atoms with E-state index in [4.69, 9.17) is 9.15 Å². The second-order valence-corrected chi connectivity index (χ2v) is 8.10. The SMILES string of the molecule is COc1cccc2cc(C(=O)N3CCSC(c4ccccc4F)CC3)c(=O)oc12. The maximum Gasteiger partial charge on any atom is 0.349 e. The van der Waals surface area contributed by atoms with Crippen LogP contribution in [0.4, 0.5) is 4.39 Å². The Morgan fingerprint density at radius 1 is 1.21 bits per heavy atom. The first-order chi connectivity index (χ1) is 14.1. The predicted octanol–water partition coefficient (Wildman–Crippen LogP) is 4.26. The average Bonchev–Trinajstić information content (AvgIpc) is 2.99. The lowest BCUT2D eigenvalue weighted by Crippen LogP contribution is -2.35. The summed E-state index contributed by atoms with van der Waals surface area (Å²) in [7, 11) is 1.49. The molecule has 3 aromatic rings. The number of fused-ring (bicyclic) bond motifs is 1. The Morgan fingerprint density at radius 3 is 2.83 bits per heavy atom. The summed E-state index contributed by atoms with van der Waals surface area (Å²) in [6, 6.07) is 13.5. The Balaban J connectivity index is 1.58. The fraction of sp³-hybridized carbons (Fsp3) is 0.273. The molecule has 5 nitrogen and oxygen atoms in total. The van der Waals surface area contributed by atoms with Crippen LogP contribution in [0.5, 0.6) is 5.75 Å². The number of hydrogen-bond acceptors (Lipinski definition) is 5. The third kappa shape index (κ3) is 3.87. The van der Waals surface area contributed by atoms with Gasteiger partial charge in [-0.2, -0.15) is 11.8 Å². The summed E-state index contributed by atoms with van der Waals surface area (Å²) in [5.41, 5.74) is 0.293. The molecule has 0 bridgehead atoms. The molecule has 2 aromatic carbocycles. The van der Waals surface area contributed by atoms with Gasteiger partial charge >= 0.3 is 5.63 Å². The Bertz CT molecular complexity index is 1110. The van der Waals surface area contributed by atoms with E-state index in [2.05, 4.69) is 0 Å². The lowest BCUT2D eigenvalue weighted by molar-refractivity contribution is 0.0762. The van der Waals surface area contributed by atoms with Crippen molar-refractivity contribution in [1.82, 2.24) is 4.90 Å². The minimum Gasteiger partial charge on any atom is -0.493 e. The summed E-state index contributed by atoms with van der Waals surface area (Å²) in [6.45, 7) is 0.935. The molecule has 1 fully saturated rings. The van der Waals surface area contributed by atoms with Crippen molar-refractivity contribution >= 4 is 28.6 Å². The third-order valence-electron chi connectivity index (χ3n) is 5.05. The van der Waals surface area contributed by atoms with Crippen LogP contribution in [-0.2, 0) is 0 Å². The quantitative estimate of drug-likeness (QED) is 0.601. The number of carbonyl (C=O) groups excluding carboxylic acids is 1. The molecule has 1 atom stereocenters. The van der Waals surface area contributed by atoms with Crippen molar-refractivity contribution in [3.05, 3.63) is 75.9 Å². The highest BCUT2D eigenvalue weighted by Crippen LogP contribution is 2.36. The zero-order valence-electron chi connectivity index (χ0n) is 15.9. The van der Waals surface area contributed by atoms with Crippen molar-refractivity contribution in [3.63, 3.8) is 0 Å². The topological polar surface area (TPSA) is 59.8 Å². The molecule has 0 N–H and O–H groups in total. The summed E-state index contributed by atoms with van der Waals surface area (Å²) in [5, 5.41) is 0.604. The van der Waals surface area contributed by atoms with Gasteiger partial charge in [0.2, 0.25) is 0 Å². The molecule has 29 heavy (non-hydrogen) atoms. The van der Waals surface area contributed by atoms with Gasteiger partial charge in [0, 0.05) is 35.0 Å². The van der Waals surface area contributed by atoms with Crippen LogP contribution in [0.15, 0.2) is 57.7 Å². The molecule has 1 aliphatic rings. The van der Waals surface area contributed by atoms with E-state index in [1.54, 1.807) is 53.1 Å². The second-order valence-electron chi connectivity index (χ2n) is 6.79. The molecule has 0 radical (unpaired) electrons. The van der Waals surface area contributed by atoms with E-state index in [0.717, 1.165) is 0 Å². The number of para-hydroxylation sites is 1. The highest BCUT2D eigenvalue weighted by atomic mass is 32.2. The van der Waals surface area contributed by atoms with Crippen LogP contribution in [-0.4, -0.2) is 36.8 Å². The molecular weight excluding hydrogens is 393 g/mol. The first-order valence-electron chi connectivity index (χ1n) is 9.34. The van der Waals surface area contributed by atoms with Gasteiger partial charge in [0.1, 0.15) is 11.4 Å². The fourth-order valence-electron chi connectivity index (χ4n) is 3.56. The van der Waals surface area contributed by atoms with Gasteiger partial charge in [-0.3, -0.25) is 4.79 Å². The number of rotatable bonds is 3. The molecule has 1 saturated heterocycles. The lowest BCUT2D eigenvalue weighted by Gasteiger charge is -2.20. The van der Waals surface area contributed by atoms with Gasteiger partial charge in [-0.05, 0) is 24.6 Å². The summed E-state index contributed by atoms with van der Waals surface area (Å²) in [6.07, 6.45) is 0.615. The van der Waals surface area contributed by atoms with Gasteiger partial charge < -0.3 is 14.1 Å². The Labute approximate surface area is 171 Å². The highest BCUT2D eigenvalue weighted by Gasteiger charge is 2.26. The molecule has 1 amide bonds. The minimum absolute atomic E-state index is 0.0000877. The highest BCUT2D eigenvalue weighted by molar-refractivity contribution is 7.99. The monoisotopic (exact) mass is 413 g/mol. The Hall–Kier alpha value is -2.80. The maximum atomic E-state index is 14.1. The molecule has 4 rings (SSSR count). The molecule has 7 heteroatoms. The van der Waals surface area contributed by atoms with Crippen molar-refractivity contribution in [2.45, 2.75) is 11.7 Å². The second kappa shape index (κ2) is 8.29. The number of halogens is 1. The number of hydrogen-bond donors (Lipinski definition) is 0.